The summed E-state index contributed by atoms with van der Waals surface area (Å²) >= 11 is 0. The topological polar surface area (TPSA) is 69.5 Å². The van der Waals surface area contributed by atoms with E-state index in [1.165, 1.54) is 6.21 Å². The van der Waals surface area contributed by atoms with Crippen LogP contribution in [0.1, 0.15) is 22.5 Å². The predicted octanol–water partition coefficient (Wildman–Crippen LogP) is 4.38. The van der Waals surface area contributed by atoms with E-state index in [2.05, 4.69) is 11.1 Å². The zero-order chi connectivity index (χ0) is 15.7. The lowest BCUT2D eigenvalue weighted by Crippen LogP contribution is -1.86. The van der Waals surface area contributed by atoms with Crippen LogP contribution in [0.25, 0.3) is 10.8 Å². The first kappa shape index (κ1) is 13.9. The van der Waals surface area contributed by atoms with Crippen molar-refractivity contribution >= 4 is 22.9 Å². The number of aliphatic imine (C=N–C) groups is 1. The first-order valence-corrected chi connectivity index (χ1v) is 6.86. The second kappa shape index (κ2) is 5.38. The van der Waals surface area contributed by atoms with Gasteiger partial charge in [-0.25, -0.2) is 4.99 Å². The summed E-state index contributed by atoms with van der Waals surface area (Å²) in [4.78, 5) is 4.27. The quantitative estimate of drug-likeness (QED) is 0.712. The van der Waals surface area contributed by atoms with Gasteiger partial charge >= 0.3 is 0 Å². The van der Waals surface area contributed by atoms with Crippen LogP contribution in [0.4, 0.5) is 5.88 Å². The van der Waals surface area contributed by atoms with Crippen molar-refractivity contribution in [3.05, 3.63) is 58.8 Å². The molecule has 0 spiro atoms. The Bertz CT molecular complexity index is 930. The fourth-order valence-electron chi connectivity index (χ4n) is 2.37. The molecule has 0 bridgehead atoms. The van der Waals surface area contributed by atoms with E-state index in [0.717, 1.165) is 16.3 Å². The second-order valence-corrected chi connectivity index (χ2v) is 5.05. The van der Waals surface area contributed by atoms with Crippen LogP contribution in [-0.2, 0) is 0 Å². The third-order valence-electron chi connectivity index (χ3n) is 3.74. The highest BCUT2D eigenvalue weighted by Crippen LogP contribution is 2.30. The number of rotatable bonds is 2. The molecule has 1 N–H and O–H groups in total. The van der Waals surface area contributed by atoms with E-state index < -0.39 is 0 Å². The van der Waals surface area contributed by atoms with Crippen LogP contribution >= 0.6 is 0 Å². The Hall–Kier alpha value is -3.06. The van der Waals surface area contributed by atoms with Gasteiger partial charge in [0.15, 0.2) is 0 Å². The van der Waals surface area contributed by atoms with Gasteiger partial charge in [-0.15, -0.1) is 0 Å². The Kier molecular flexibility index (Phi) is 3.40. The molecule has 0 aliphatic carbocycles. The van der Waals surface area contributed by atoms with Gasteiger partial charge in [0, 0.05) is 17.3 Å². The molecule has 0 saturated carbocycles. The zero-order valence-electron chi connectivity index (χ0n) is 12.3. The summed E-state index contributed by atoms with van der Waals surface area (Å²) in [6.07, 6.45) is 1.54. The average molecular weight is 290 g/mol. The Morgan fingerprint density at radius 3 is 2.73 bits per heavy atom. The number of aryl methyl sites for hydroxylation is 1. The summed E-state index contributed by atoms with van der Waals surface area (Å²) < 4.78 is 5.51. The number of furan rings is 1. The zero-order valence-corrected chi connectivity index (χ0v) is 12.3. The van der Waals surface area contributed by atoms with Crippen molar-refractivity contribution in [2.75, 3.05) is 0 Å². The molecular weight excluding hydrogens is 276 g/mol. The Morgan fingerprint density at radius 1 is 1.18 bits per heavy atom. The largest absolute Gasteiger partial charge is 0.507 e. The average Bonchev–Trinajstić information content (AvgIpc) is 2.80. The smallest absolute Gasteiger partial charge is 0.237 e. The van der Waals surface area contributed by atoms with Crippen molar-refractivity contribution < 1.29 is 9.52 Å². The van der Waals surface area contributed by atoms with Gasteiger partial charge in [0.2, 0.25) is 5.88 Å². The normalized spacial score (nSPS) is 11.1. The number of nitrogens with zero attached hydrogens (tertiary/aromatic N) is 2. The third-order valence-corrected chi connectivity index (χ3v) is 3.74. The second-order valence-electron chi connectivity index (χ2n) is 5.05. The highest BCUT2D eigenvalue weighted by molar-refractivity contribution is 6.02. The molecule has 0 atom stereocenters. The first-order chi connectivity index (χ1) is 10.6. The van der Waals surface area contributed by atoms with Gasteiger partial charge < -0.3 is 9.52 Å². The maximum atomic E-state index is 10.1. The van der Waals surface area contributed by atoms with Crippen molar-refractivity contribution in [1.82, 2.24) is 0 Å². The number of benzene rings is 2. The van der Waals surface area contributed by atoms with Gasteiger partial charge in [-0.1, -0.05) is 30.3 Å². The van der Waals surface area contributed by atoms with Gasteiger partial charge in [-0.3, -0.25) is 0 Å². The molecule has 4 nitrogen and oxygen atoms in total. The van der Waals surface area contributed by atoms with Crippen LogP contribution in [0, 0.1) is 25.2 Å². The Balaban J connectivity index is 2.13. The Labute approximate surface area is 128 Å². The molecule has 0 saturated heterocycles. The molecule has 2 aromatic carbocycles. The number of nitriles is 1. The maximum Gasteiger partial charge on any atom is 0.237 e. The molecule has 3 rings (SSSR count). The number of fused-ring (bicyclic) bond motifs is 1. The molecule has 0 unspecified atom stereocenters. The highest BCUT2D eigenvalue weighted by atomic mass is 16.4. The molecule has 0 aliphatic rings. The third kappa shape index (κ3) is 2.23. The fraction of sp³-hybridized carbons (Fsp3) is 0.111. The lowest BCUT2D eigenvalue weighted by atomic mass is 10.0. The van der Waals surface area contributed by atoms with Gasteiger partial charge in [-0.05, 0) is 30.7 Å². The molecule has 22 heavy (non-hydrogen) atoms. The van der Waals surface area contributed by atoms with Crippen molar-refractivity contribution in [1.29, 1.82) is 5.26 Å². The van der Waals surface area contributed by atoms with E-state index in [-0.39, 0.29) is 11.6 Å². The van der Waals surface area contributed by atoms with Crippen LogP contribution in [0.2, 0.25) is 0 Å². The summed E-state index contributed by atoms with van der Waals surface area (Å²) in [5, 5.41) is 21.2. The minimum Gasteiger partial charge on any atom is -0.507 e. The number of hydrogen-bond donors (Lipinski definition) is 1. The molecular formula is C18H14N2O2. The van der Waals surface area contributed by atoms with Crippen LogP contribution in [-0.4, -0.2) is 11.3 Å². The van der Waals surface area contributed by atoms with Gasteiger partial charge in [0.1, 0.15) is 23.1 Å². The van der Waals surface area contributed by atoms with E-state index in [4.69, 9.17) is 4.42 Å². The van der Waals surface area contributed by atoms with Crippen LogP contribution in [0.5, 0.6) is 5.75 Å². The fourth-order valence-corrected chi connectivity index (χ4v) is 2.37. The SMILES string of the molecule is Cc1oc(/N=C/c2c(O)ccc3ccccc23)c(C#N)c1C. The molecule has 1 heterocycles. The molecule has 0 fully saturated rings. The number of phenolic OH excluding ortho intramolecular Hbond substituents is 1. The number of hydrogen-bond acceptors (Lipinski definition) is 4. The molecule has 4 heteroatoms. The molecule has 0 amide bonds. The lowest BCUT2D eigenvalue weighted by Gasteiger charge is -2.04. The van der Waals surface area contributed by atoms with Crippen molar-refractivity contribution in [2.45, 2.75) is 13.8 Å². The van der Waals surface area contributed by atoms with E-state index in [0.29, 0.717) is 16.9 Å². The molecule has 0 radical (unpaired) electrons. The number of aromatic hydroxyl groups is 1. The monoisotopic (exact) mass is 290 g/mol. The standard InChI is InChI=1S/C18H14N2O2/c1-11-12(2)22-18(15(11)9-19)20-10-16-14-6-4-3-5-13(14)7-8-17(16)21/h3-8,10,21H,1-2H3/b20-10+. The summed E-state index contributed by atoms with van der Waals surface area (Å²) in [5.74, 6) is 1.08. The maximum absolute atomic E-state index is 10.1. The van der Waals surface area contributed by atoms with E-state index in [9.17, 15) is 10.4 Å². The first-order valence-electron chi connectivity index (χ1n) is 6.86. The predicted molar refractivity (Wildman–Crippen MR) is 85.8 cm³/mol. The minimum atomic E-state index is 0.140. The summed E-state index contributed by atoms with van der Waals surface area (Å²) in [7, 11) is 0. The molecule has 1 aromatic heterocycles. The van der Waals surface area contributed by atoms with Crippen molar-refractivity contribution in [2.24, 2.45) is 4.99 Å². The van der Waals surface area contributed by atoms with Crippen LogP contribution in [0.15, 0.2) is 45.8 Å². The van der Waals surface area contributed by atoms with Gasteiger partial charge in [-0.2, -0.15) is 5.26 Å². The minimum absolute atomic E-state index is 0.140. The Morgan fingerprint density at radius 2 is 1.95 bits per heavy atom. The summed E-state index contributed by atoms with van der Waals surface area (Å²) in [6.45, 7) is 3.62. The van der Waals surface area contributed by atoms with Gasteiger partial charge in [0.25, 0.3) is 0 Å². The summed E-state index contributed by atoms with van der Waals surface area (Å²) in [6, 6.07) is 13.3. The molecule has 108 valence electrons. The lowest BCUT2D eigenvalue weighted by molar-refractivity contribution is 0.475. The van der Waals surface area contributed by atoms with Crippen molar-refractivity contribution in [3.63, 3.8) is 0 Å². The highest BCUT2D eigenvalue weighted by Gasteiger charge is 2.13. The van der Waals surface area contributed by atoms with E-state index >= 15 is 0 Å². The summed E-state index contributed by atoms with van der Waals surface area (Å²) in [5.41, 5.74) is 1.82. The molecule has 3 aromatic rings. The van der Waals surface area contributed by atoms with E-state index in [1.807, 2.05) is 37.3 Å². The molecule has 0 aliphatic heterocycles. The van der Waals surface area contributed by atoms with Gasteiger partial charge in [0.05, 0.1) is 0 Å². The van der Waals surface area contributed by atoms with Crippen LogP contribution in [0.3, 0.4) is 0 Å². The van der Waals surface area contributed by atoms with Crippen LogP contribution < -0.4 is 0 Å². The van der Waals surface area contributed by atoms with Crippen molar-refractivity contribution in [3.8, 4) is 11.8 Å². The number of phenols is 1. The van der Waals surface area contributed by atoms with E-state index in [1.54, 1.807) is 13.0 Å².